The van der Waals surface area contributed by atoms with E-state index in [1.54, 1.807) is 0 Å². The number of benzene rings is 2. The molecular formula is C20H15NOS. The topological polar surface area (TPSA) is 20.3 Å². The fourth-order valence-electron chi connectivity index (χ4n) is 3.78. The van der Waals surface area contributed by atoms with Crippen LogP contribution in [0.3, 0.4) is 0 Å². The van der Waals surface area contributed by atoms with Crippen LogP contribution in [0.2, 0.25) is 0 Å². The molecule has 2 nitrogen and oxygen atoms in total. The zero-order valence-corrected chi connectivity index (χ0v) is 13.6. The smallest absolute Gasteiger partial charge is 0.250 e. The number of carbonyl (C=O) groups excluding carboxylic acids is 1. The fourth-order valence-corrected chi connectivity index (χ4v) is 5.08. The van der Waals surface area contributed by atoms with E-state index in [4.69, 9.17) is 0 Å². The maximum absolute atomic E-state index is 12.6. The lowest BCUT2D eigenvalue weighted by molar-refractivity contribution is -0.123. The minimum Gasteiger partial charge on any atom is -0.342 e. The molecule has 1 fully saturated rings. The van der Waals surface area contributed by atoms with E-state index in [0.717, 1.165) is 18.5 Å². The second-order valence-corrected chi connectivity index (χ2v) is 7.23. The van der Waals surface area contributed by atoms with Crippen molar-refractivity contribution in [1.29, 1.82) is 0 Å². The summed E-state index contributed by atoms with van der Waals surface area (Å²) in [6.45, 7) is 0.820. The molecule has 2 aliphatic rings. The molecule has 1 aromatic heterocycles. The van der Waals surface area contributed by atoms with E-state index in [0.29, 0.717) is 0 Å². The second kappa shape index (κ2) is 4.56. The summed E-state index contributed by atoms with van der Waals surface area (Å²) in [6, 6.07) is 17.0. The van der Waals surface area contributed by atoms with Gasteiger partial charge in [0.1, 0.15) is 0 Å². The number of carbonyl (C=O) groups is 1. The molecule has 3 heteroatoms. The molecule has 1 amide bonds. The average molecular weight is 317 g/mol. The lowest BCUT2D eigenvalue weighted by Crippen LogP contribution is -2.19. The van der Waals surface area contributed by atoms with Gasteiger partial charge >= 0.3 is 0 Å². The van der Waals surface area contributed by atoms with Gasteiger partial charge in [-0.05, 0) is 23.6 Å². The van der Waals surface area contributed by atoms with Crippen LogP contribution in [0.25, 0.3) is 26.8 Å². The van der Waals surface area contributed by atoms with Gasteiger partial charge in [-0.15, -0.1) is 11.3 Å². The first-order chi connectivity index (χ1) is 11.3. The third kappa shape index (κ3) is 1.66. The Balaban J connectivity index is 1.92. The van der Waals surface area contributed by atoms with Crippen LogP contribution < -0.4 is 0 Å². The summed E-state index contributed by atoms with van der Waals surface area (Å²) in [5.41, 5.74) is 5.95. The number of rotatable bonds is 0. The first-order valence-electron chi connectivity index (χ1n) is 7.86. The van der Waals surface area contributed by atoms with Crippen molar-refractivity contribution in [3.63, 3.8) is 0 Å². The van der Waals surface area contributed by atoms with Crippen LogP contribution in [-0.4, -0.2) is 24.4 Å². The third-order valence-corrected chi connectivity index (χ3v) is 6.08. The Morgan fingerprint density at radius 1 is 1.00 bits per heavy atom. The first-order valence-corrected chi connectivity index (χ1v) is 8.67. The van der Waals surface area contributed by atoms with Crippen LogP contribution in [0.4, 0.5) is 0 Å². The predicted molar refractivity (Wildman–Crippen MR) is 95.5 cm³/mol. The predicted octanol–water partition coefficient (Wildman–Crippen LogP) is 4.55. The molecule has 3 aromatic rings. The Kier molecular flexibility index (Phi) is 2.59. The molecule has 2 heterocycles. The van der Waals surface area contributed by atoms with E-state index < -0.39 is 0 Å². The number of amides is 1. The lowest BCUT2D eigenvalue weighted by Gasteiger charge is -2.08. The molecule has 0 bridgehead atoms. The molecule has 0 saturated carbocycles. The van der Waals surface area contributed by atoms with E-state index in [9.17, 15) is 4.79 Å². The molecule has 0 N–H and O–H groups in total. The van der Waals surface area contributed by atoms with Crippen molar-refractivity contribution in [1.82, 2.24) is 4.90 Å². The Morgan fingerprint density at radius 2 is 1.74 bits per heavy atom. The summed E-state index contributed by atoms with van der Waals surface area (Å²) < 4.78 is 1.30. The van der Waals surface area contributed by atoms with Crippen LogP contribution in [-0.2, 0) is 4.79 Å². The van der Waals surface area contributed by atoms with Gasteiger partial charge in [0, 0.05) is 45.3 Å². The highest BCUT2D eigenvalue weighted by Gasteiger charge is 2.34. The van der Waals surface area contributed by atoms with Gasteiger partial charge in [-0.1, -0.05) is 42.5 Å². The minimum absolute atomic E-state index is 0.181. The van der Waals surface area contributed by atoms with Crippen LogP contribution in [0.5, 0.6) is 0 Å². The molecule has 0 unspecified atom stereocenters. The largest absolute Gasteiger partial charge is 0.342 e. The van der Waals surface area contributed by atoms with Crippen LogP contribution in [0, 0.1) is 0 Å². The second-order valence-electron chi connectivity index (χ2n) is 6.18. The summed E-state index contributed by atoms with van der Waals surface area (Å²) in [5.74, 6) is 0.181. The van der Waals surface area contributed by atoms with Crippen molar-refractivity contribution < 1.29 is 4.79 Å². The van der Waals surface area contributed by atoms with E-state index in [1.807, 2.05) is 23.3 Å². The fraction of sp³-hybridized carbons (Fsp3) is 0.150. The molecule has 23 heavy (non-hydrogen) atoms. The number of thiophene rings is 1. The molecule has 0 radical (unpaired) electrons. The highest BCUT2D eigenvalue weighted by molar-refractivity contribution is 7.21. The van der Waals surface area contributed by atoms with Gasteiger partial charge in [0.2, 0.25) is 5.91 Å². The SMILES string of the molecule is CN1CC/C(=C2\c3ccccc3-c3c2sc2ccccc32)C1=O. The number of likely N-dealkylation sites (tertiary alicyclic amines) is 1. The van der Waals surface area contributed by atoms with E-state index in [-0.39, 0.29) is 5.91 Å². The zero-order valence-electron chi connectivity index (χ0n) is 12.8. The molecule has 1 aliphatic carbocycles. The monoisotopic (exact) mass is 317 g/mol. The molecule has 0 spiro atoms. The van der Waals surface area contributed by atoms with Crippen molar-refractivity contribution in [2.24, 2.45) is 0 Å². The van der Waals surface area contributed by atoms with Crippen LogP contribution >= 0.6 is 11.3 Å². The summed E-state index contributed by atoms with van der Waals surface area (Å²) in [4.78, 5) is 15.7. The molecular weight excluding hydrogens is 302 g/mol. The van der Waals surface area contributed by atoms with Crippen LogP contribution in [0.15, 0.2) is 54.1 Å². The zero-order chi connectivity index (χ0) is 15.6. The van der Waals surface area contributed by atoms with Gasteiger partial charge < -0.3 is 4.90 Å². The minimum atomic E-state index is 0.181. The van der Waals surface area contributed by atoms with E-state index >= 15 is 0 Å². The third-order valence-electron chi connectivity index (χ3n) is 4.89. The Labute approximate surface area is 138 Å². The normalized spacial score (nSPS) is 19.5. The maximum Gasteiger partial charge on any atom is 0.250 e. The van der Waals surface area contributed by atoms with Gasteiger partial charge in [0.05, 0.1) is 0 Å². The number of hydrogen-bond acceptors (Lipinski definition) is 2. The summed E-state index contributed by atoms with van der Waals surface area (Å²) in [7, 11) is 1.89. The molecule has 1 saturated heterocycles. The molecule has 2 aromatic carbocycles. The molecule has 1 aliphatic heterocycles. The summed E-state index contributed by atoms with van der Waals surface area (Å²) in [5, 5.41) is 1.30. The van der Waals surface area contributed by atoms with Crippen LogP contribution in [0.1, 0.15) is 16.9 Å². The van der Waals surface area contributed by atoms with Gasteiger partial charge in [-0.3, -0.25) is 4.79 Å². The van der Waals surface area contributed by atoms with Gasteiger partial charge in [-0.25, -0.2) is 0 Å². The number of fused-ring (bicyclic) bond motifs is 5. The van der Waals surface area contributed by atoms with Gasteiger partial charge in [-0.2, -0.15) is 0 Å². The van der Waals surface area contributed by atoms with Crippen molar-refractivity contribution in [2.45, 2.75) is 6.42 Å². The number of likely N-dealkylation sites (N-methyl/N-ethyl adjacent to an activating group) is 1. The van der Waals surface area contributed by atoms with Crippen molar-refractivity contribution >= 4 is 32.9 Å². The lowest BCUT2D eigenvalue weighted by atomic mass is 10.00. The highest BCUT2D eigenvalue weighted by Crippen LogP contribution is 2.53. The van der Waals surface area contributed by atoms with Crippen molar-refractivity contribution in [3.05, 3.63) is 64.5 Å². The molecule has 112 valence electrons. The highest BCUT2D eigenvalue weighted by atomic mass is 32.1. The van der Waals surface area contributed by atoms with Crippen molar-refractivity contribution in [3.8, 4) is 11.1 Å². The summed E-state index contributed by atoms with van der Waals surface area (Å²) in [6.07, 6.45) is 0.840. The molecule has 5 rings (SSSR count). The quantitative estimate of drug-likeness (QED) is 0.436. The Bertz CT molecular complexity index is 1010. The molecule has 0 atom stereocenters. The summed E-state index contributed by atoms with van der Waals surface area (Å²) >= 11 is 1.81. The number of nitrogens with zero attached hydrogens (tertiary/aromatic N) is 1. The van der Waals surface area contributed by atoms with Gasteiger partial charge in [0.15, 0.2) is 0 Å². The van der Waals surface area contributed by atoms with Gasteiger partial charge in [0.25, 0.3) is 0 Å². The maximum atomic E-state index is 12.6. The average Bonchev–Trinajstić information content (AvgIpc) is 3.20. The Hall–Kier alpha value is -2.39. The van der Waals surface area contributed by atoms with E-state index in [2.05, 4.69) is 48.5 Å². The van der Waals surface area contributed by atoms with Crippen molar-refractivity contribution in [2.75, 3.05) is 13.6 Å². The standard InChI is InChI=1S/C20H15NOS/c1-21-11-10-15(20(21)22)18-13-7-3-2-6-12(13)17-14-8-4-5-9-16(14)23-19(17)18/h2-9H,10-11H2,1H3/b18-15-. The Morgan fingerprint density at radius 3 is 2.52 bits per heavy atom. The van der Waals surface area contributed by atoms with E-state index in [1.165, 1.54) is 37.2 Å². The number of hydrogen-bond donors (Lipinski definition) is 0. The first kappa shape index (κ1) is 13.1.